The van der Waals surface area contributed by atoms with Gasteiger partial charge in [0.1, 0.15) is 17.2 Å². The Hall–Kier alpha value is -3.06. The topological polar surface area (TPSA) is 84.0 Å². The first-order valence-electron chi connectivity index (χ1n) is 8.32. The monoisotopic (exact) mass is 474 g/mol. The van der Waals surface area contributed by atoms with Crippen LogP contribution >= 0.6 is 23.1 Å². The number of hydrogen-bond donors (Lipinski definition) is 2. The molecule has 162 valence electrons. The van der Waals surface area contributed by atoms with Crippen molar-refractivity contribution in [2.45, 2.75) is 10.5 Å². The number of carbonyl (C=O) groups is 2. The van der Waals surface area contributed by atoms with Crippen LogP contribution in [-0.4, -0.2) is 27.8 Å². The first-order valence-corrected chi connectivity index (χ1v) is 10.1. The highest BCUT2D eigenvalue weighted by Gasteiger charge is 2.30. The summed E-state index contributed by atoms with van der Waals surface area (Å²) in [6.07, 6.45) is -4.53. The minimum absolute atomic E-state index is 0.0162. The van der Waals surface area contributed by atoms with Gasteiger partial charge in [-0.1, -0.05) is 35.2 Å². The largest absolute Gasteiger partial charge is 0.416 e. The lowest BCUT2D eigenvalue weighted by molar-refractivity contribution is -0.137. The minimum Gasteiger partial charge on any atom is -0.325 e. The second-order valence-corrected chi connectivity index (χ2v) is 8.04. The number of alkyl halides is 3. The van der Waals surface area contributed by atoms with Crippen molar-refractivity contribution in [3.63, 3.8) is 0 Å². The number of hydrogen-bond acceptors (Lipinski definition) is 6. The quantitative estimate of drug-likeness (QED) is 0.304. The fourth-order valence-electron chi connectivity index (χ4n) is 2.29. The van der Waals surface area contributed by atoms with Gasteiger partial charge in [-0.15, -0.1) is 10.2 Å². The molecule has 0 bridgehead atoms. The SMILES string of the molecule is O=C(CSc1nnc(NC(=O)c2c(F)cccc2F)s1)Nc1cccc(C(F)(F)F)c1. The van der Waals surface area contributed by atoms with Gasteiger partial charge in [0.2, 0.25) is 11.0 Å². The van der Waals surface area contributed by atoms with Crippen molar-refractivity contribution in [2.75, 3.05) is 16.4 Å². The van der Waals surface area contributed by atoms with E-state index in [1.165, 1.54) is 12.1 Å². The van der Waals surface area contributed by atoms with Crippen LogP contribution in [0.4, 0.5) is 32.8 Å². The Kier molecular flexibility index (Phi) is 6.85. The first kappa shape index (κ1) is 22.6. The van der Waals surface area contributed by atoms with Gasteiger partial charge in [-0.05, 0) is 30.3 Å². The van der Waals surface area contributed by atoms with Gasteiger partial charge in [0, 0.05) is 5.69 Å². The van der Waals surface area contributed by atoms with Crippen molar-refractivity contribution in [2.24, 2.45) is 0 Å². The highest BCUT2D eigenvalue weighted by molar-refractivity contribution is 8.01. The molecule has 1 heterocycles. The summed E-state index contributed by atoms with van der Waals surface area (Å²) in [5.74, 6) is -3.91. The second-order valence-electron chi connectivity index (χ2n) is 5.84. The molecule has 0 aliphatic carbocycles. The van der Waals surface area contributed by atoms with E-state index in [4.69, 9.17) is 0 Å². The van der Waals surface area contributed by atoms with Crippen molar-refractivity contribution < 1.29 is 31.5 Å². The standard InChI is InChI=1S/C18H11F5N4O2S2/c19-11-5-2-6-12(20)14(11)15(29)25-16-26-27-17(31-16)30-8-13(28)24-10-4-1-3-9(7-10)18(21,22)23/h1-7H,8H2,(H,24,28)(H,25,26,29). The molecule has 0 unspecified atom stereocenters. The average molecular weight is 474 g/mol. The van der Waals surface area contributed by atoms with E-state index >= 15 is 0 Å². The summed E-state index contributed by atoms with van der Waals surface area (Å²) < 4.78 is 65.7. The van der Waals surface area contributed by atoms with E-state index in [0.29, 0.717) is 0 Å². The van der Waals surface area contributed by atoms with E-state index in [1.54, 1.807) is 0 Å². The number of anilines is 2. The third kappa shape index (κ3) is 5.98. The first-order chi connectivity index (χ1) is 14.6. The number of benzene rings is 2. The molecule has 1 aromatic heterocycles. The van der Waals surface area contributed by atoms with Crippen LogP contribution in [0.15, 0.2) is 46.8 Å². The molecule has 2 N–H and O–H groups in total. The average Bonchev–Trinajstić information content (AvgIpc) is 3.13. The van der Waals surface area contributed by atoms with Gasteiger partial charge in [0.05, 0.1) is 11.3 Å². The van der Waals surface area contributed by atoms with Gasteiger partial charge in [-0.25, -0.2) is 8.78 Å². The number of thioether (sulfide) groups is 1. The van der Waals surface area contributed by atoms with E-state index < -0.39 is 40.8 Å². The minimum atomic E-state index is -4.53. The van der Waals surface area contributed by atoms with Crippen molar-refractivity contribution >= 4 is 45.7 Å². The third-order valence-electron chi connectivity index (χ3n) is 3.62. The Morgan fingerprint density at radius 2 is 1.68 bits per heavy atom. The summed E-state index contributed by atoms with van der Waals surface area (Å²) in [6.45, 7) is 0. The summed E-state index contributed by atoms with van der Waals surface area (Å²) in [4.78, 5) is 24.0. The zero-order valence-electron chi connectivity index (χ0n) is 15.2. The number of carbonyl (C=O) groups excluding carboxylic acids is 2. The van der Waals surface area contributed by atoms with Crippen LogP contribution in [0.25, 0.3) is 0 Å². The second kappa shape index (κ2) is 9.39. The van der Waals surface area contributed by atoms with Crippen LogP contribution in [-0.2, 0) is 11.0 Å². The Bertz CT molecular complexity index is 1100. The smallest absolute Gasteiger partial charge is 0.325 e. The highest BCUT2D eigenvalue weighted by atomic mass is 32.2. The predicted octanol–water partition coefficient (Wildman–Crippen LogP) is 4.82. The van der Waals surface area contributed by atoms with Crippen molar-refractivity contribution in [3.05, 3.63) is 65.2 Å². The van der Waals surface area contributed by atoms with Gasteiger partial charge >= 0.3 is 6.18 Å². The zero-order valence-corrected chi connectivity index (χ0v) is 16.8. The van der Waals surface area contributed by atoms with Crippen molar-refractivity contribution in [1.82, 2.24) is 10.2 Å². The lowest BCUT2D eigenvalue weighted by atomic mass is 10.2. The molecule has 0 aliphatic heterocycles. The van der Waals surface area contributed by atoms with E-state index in [9.17, 15) is 31.5 Å². The Balaban J connectivity index is 1.56. The highest BCUT2D eigenvalue weighted by Crippen LogP contribution is 2.31. The number of halogens is 5. The third-order valence-corrected chi connectivity index (χ3v) is 5.59. The number of rotatable bonds is 6. The molecule has 0 spiro atoms. The molecule has 2 aromatic carbocycles. The number of nitrogens with zero attached hydrogens (tertiary/aromatic N) is 2. The van der Waals surface area contributed by atoms with Gasteiger partial charge < -0.3 is 5.32 Å². The fraction of sp³-hybridized carbons (Fsp3) is 0.111. The predicted molar refractivity (Wildman–Crippen MR) is 105 cm³/mol. The van der Waals surface area contributed by atoms with Crippen LogP contribution < -0.4 is 10.6 Å². The Labute approximate surface area is 179 Å². The van der Waals surface area contributed by atoms with Crippen LogP contribution in [0.3, 0.4) is 0 Å². The molecule has 2 amide bonds. The van der Waals surface area contributed by atoms with Gasteiger partial charge in [0.15, 0.2) is 4.34 Å². The summed E-state index contributed by atoms with van der Waals surface area (Å²) >= 11 is 1.78. The lowest BCUT2D eigenvalue weighted by Crippen LogP contribution is -2.15. The van der Waals surface area contributed by atoms with Gasteiger partial charge in [0.25, 0.3) is 5.91 Å². The molecule has 13 heteroatoms. The molecule has 0 saturated heterocycles. The fourth-order valence-corrected chi connectivity index (χ4v) is 3.84. The van der Waals surface area contributed by atoms with Crippen molar-refractivity contribution in [3.8, 4) is 0 Å². The van der Waals surface area contributed by atoms with E-state index in [0.717, 1.165) is 53.4 Å². The number of amides is 2. The molecule has 3 rings (SSSR count). The van der Waals surface area contributed by atoms with Crippen LogP contribution in [0.5, 0.6) is 0 Å². The Morgan fingerprint density at radius 1 is 1.00 bits per heavy atom. The van der Waals surface area contributed by atoms with Crippen molar-refractivity contribution in [1.29, 1.82) is 0 Å². The molecule has 0 fully saturated rings. The summed E-state index contributed by atoms with van der Waals surface area (Å²) in [6, 6.07) is 7.16. The molecule has 0 atom stereocenters. The normalized spacial score (nSPS) is 11.3. The summed E-state index contributed by atoms with van der Waals surface area (Å²) in [5.41, 5.74) is -1.68. The molecular formula is C18H11F5N4O2S2. The molecule has 31 heavy (non-hydrogen) atoms. The Morgan fingerprint density at radius 3 is 2.35 bits per heavy atom. The van der Waals surface area contributed by atoms with Crippen LogP contribution in [0.2, 0.25) is 0 Å². The summed E-state index contributed by atoms with van der Waals surface area (Å²) in [5, 5.41) is 11.9. The molecule has 0 radical (unpaired) electrons. The van der Waals surface area contributed by atoms with Crippen LogP contribution in [0.1, 0.15) is 15.9 Å². The van der Waals surface area contributed by atoms with Gasteiger partial charge in [-0.3, -0.25) is 14.9 Å². The van der Waals surface area contributed by atoms with E-state index in [1.807, 2.05) is 0 Å². The number of nitrogens with one attached hydrogen (secondary N) is 2. The molecule has 0 aliphatic rings. The van der Waals surface area contributed by atoms with Crippen LogP contribution in [0, 0.1) is 11.6 Å². The maximum absolute atomic E-state index is 13.6. The van der Waals surface area contributed by atoms with E-state index in [2.05, 4.69) is 20.8 Å². The lowest BCUT2D eigenvalue weighted by Gasteiger charge is -2.09. The summed E-state index contributed by atoms with van der Waals surface area (Å²) in [7, 11) is 0. The maximum atomic E-state index is 13.6. The molecule has 6 nitrogen and oxygen atoms in total. The molecular weight excluding hydrogens is 463 g/mol. The number of aromatic nitrogens is 2. The van der Waals surface area contributed by atoms with Gasteiger partial charge in [-0.2, -0.15) is 13.2 Å². The molecule has 3 aromatic rings. The van der Waals surface area contributed by atoms with E-state index in [-0.39, 0.29) is 20.9 Å². The molecule has 0 saturated carbocycles. The maximum Gasteiger partial charge on any atom is 0.416 e. The zero-order chi connectivity index (χ0) is 22.6.